The van der Waals surface area contributed by atoms with Crippen LogP contribution in [0.5, 0.6) is 0 Å². The van der Waals surface area contributed by atoms with Crippen LogP contribution in [0.15, 0.2) is 29.6 Å². The second-order valence-electron chi connectivity index (χ2n) is 8.42. The highest BCUT2D eigenvalue weighted by Gasteiger charge is 2.23. The minimum atomic E-state index is -3.73. The van der Waals surface area contributed by atoms with Crippen molar-refractivity contribution in [1.29, 1.82) is 0 Å². The third kappa shape index (κ3) is 5.13. The molecule has 0 bridgehead atoms. The average molecular weight is 478 g/mol. The van der Waals surface area contributed by atoms with Crippen molar-refractivity contribution in [1.82, 2.24) is 19.2 Å². The maximum absolute atomic E-state index is 13.4. The number of benzene rings is 1. The van der Waals surface area contributed by atoms with E-state index in [0.29, 0.717) is 28.2 Å². The number of hydrogen-bond donors (Lipinski definition) is 2. The molecule has 3 aromatic rings. The Morgan fingerprint density at radius 1 is 1.28 bits per heavy atom. The topological polar surface area (TPSA) is 96.3 Å². The van der Waals surface area contributed by atoms with Gasteiger partial charge in [0.1, 0.15) is 5.82 Å². The number of amides is 1. The molecule has 3 rings (SSSR count). The van der Waals surface area contributed by atoms with E-state index in [9.17, 15) is 13.2 Å². The number of rotatable bonds is 9. The standard InChI is InChI=1S/C22H31N5O3S2/c1-7-17(19-9-8-10-31-19)24-22(28)16-12-15(25-32(29,30)26(4)5)13-18-21(16)27(6)20(23-18)11-14(2)3/h8-10,12-14,17,25H,7,11H2,1-6H3,(H,24,28)/t17-/m1/s1. The molecule has 1 amide bonds. The molecule has 0 aliphatic rings. The summed E-state index contributed by atoms with van der Waals surface area (Å²) in [4.78, 5) is 19.2. The second-order valence-corrected chi connectivity index (χ2v) is 11.3. The normalized spacial score (nSPS) is 13.1. The van der Waals surface area contributed by atoms with Crippen LogP contribution in [0.3, 0.4) is 0 Å². The molecule has 0 fully saturated rings. The Hall–Kier alpha value is -2.43. The molecular formula is C22H31N5O3S2. The highest BCUT2D eigenvalue weighted by molar-refractivity contribution is 7.90. The van der Waals surface area contributed by atoms with Gasteiger partial charge in [-0.15, -0.1) is 11.3 Å². The summed E-state index contributed by atoms with van der Waals surface area (Å²) < 4.78 is 30.4. The first-order valence-corrected chi connectivity index (χ1v) is 12.9. The number of carbonyl (C=O) groups excluding carboxylic acids is 1. The maximum atomic E-state index is 13.4. The molecule has 32 heavy (non-hydrogen) atoms. The summed E-state index contributed by atoms with van der Waals surface area (Å²) in [6, 6.07) is 7.10. The summed E-state index contributed by atoms with van der Waals surface area (Å²) in [6.45, 7) is 6.24. The lowest BCUT2D eigenvalue weighted by atomic mass is 10.1. The number of nitrogens with zero attached hydrogens (tertiary/aromatic N) is 3. The lowest BCUT2D eigenvalue weighted by molar-refractivity contribution is 0.0937. The van der Waals surface area contributed by atoms with E-state index in [1.807, 2.05) is 36.1 Å². The first kappa shape index (κ1) is 24.2. The summed E-state index contributed by atoms with van der Waals surface area (Å²) in [6.07, 6.45) is 1.49. The van der Waals surface area contributed by atoms with Crippen LogP contribution in [0.4, 0.5) is 5.69 Å². The smallest absolute Gasteiger partial charge is 0.301 e. The molecule has 2 heterocycles. The molecule has 0 saturated heterocycles. The van der Waals surface area contributed by atoms with Crippen LogP contribution < -0.4 is 10.0 Å². The first-order valence-electron chi connectivity index (χ1n) is 10.6. The molecule has 1 aromatic carbocycles. The third-order valence-electron chi connectivity index (χ3n) is 5.23. The van der Waals surface area contributed by atoms with Crippen molar-refractivity contribution in [2.75, 3.05) is 18.8 Å². The lowest BCUT2D eigenvalue weighted by Gasteiger charge is -2.18. The van der Waals surface area contributed by atoms with Crippen LogP contribution in [0.2, 0.25) is 0 Å². The van der Waals surface area contributed by atoms with Crippen LogP contribution in [0.25, 0.3) is 11.0 Å². The molecular weight excluding hydrogens is 446 g/mol. The minimum absolute atomic E-state index is 0.122. The Kier molecular flexibility index (Phi) is 7.26. The maximum Gasteiger partial charge on any atom is 0.301 e. The Labute approximate surface area is 193 Å². The SMILES string of the molecule is CC[C@@H](NC(=O)c1cc(NS(=O)(=O)N(C)C)cc2nc(CC(C)C)n(C)c12)c1cccs1. The zero-order chi connectivity index (χ0) is 23.6. The van der Waals surface area contributed by atoms with E-state index in [0.717, 1.165) is 27.8 Å². The number of aromatic nitrogens is 2. The van der Waals surface area contributed by atoms with E-state index in [4.69, 9.17) is 4.98 Å². The van der Waals surface area contributed by atoms with Crippen molar-refractivity contribution in [3.63, 3.8) is 0 Å². The van der Waals surface area contributed by atoms with Crippen LogP contribution >= 0.6 is 11.3 Å². The summed E-state index contributed by atoms with van der Waals surface area (Å²) in [5, 5.41) is 5.09. The summed E-state index contributed by atoms with van der Waals surface area (Å²) >= 11 is 1.60. The number of fused-ring (bicyclic) bond motifs is 1. The van der Waals surface area contributed by atoms with Crippen LogP contribution in [0.1, 0.15) is 54.3 Å². The van der Waals surface area contributed by atoms with Gasteiger partial charge in [0.2, 0.25) is 0 Å². The van der Waals surface area contributed by atoms with Crippen molar-refractivity contribution < 1.29 is 13.2 Å². The highest BCUT2D eigenvalue weighted by Crippen LogP contribution is 2.28. The summed E-state index contributed by atoms with van der Waals surface area (Å²) in [5.74, 6) is 0.972. The van der Waals surface area contributed by atoms with Crippen molar-refractivity contribution in [3.8, 4) is 0 Å². The van der Waals surface area contributed by atoms with Gasteiger partial charge < -0.3 is 9.88 Å². The molecule has 0 aliphatic carbocycles. The van der Waals surface area contributed by atoms with Gasteiger partial charge in [-0.2, -0.15) is 12.7 Å². The van der Waals surface area contributed by atoms with Crippen molar-refractivity contribution in [3.05, 3.63) is 45.9 Å². The number of thiophene rings is 1. The van der Waals surface area contributed by atoms with Crippen LogP contribution in [-0.2, 0) is 23.7 Å². The Morgan fingerprint density at radius 3 is 2.56 bits per heavy atom. The van der Waals surface area contributed by atoms with Crippen LogP contribution in [-0.4, -0.2) is 42.3 Å². The molecule has 2 aromatic heterocycles. The van der Waals surface area contributed by atoms with Gasteiger partial charge >= 0.3 is 10.2 Å². The van der Waals surface area contributed by atoms with Gasteiger partial charge in [0.15, 0.2) is 0 Å². The largest absolute Gasteiger partial charge is 0.344 e. The Balaban J connectivity index is 2.10. The molecule has 2 N–H and O–H groups in total. The number of hydrogen-bond acceptors (Lipinski definition) is 5. The molecule has 0 spiro atoms. The quantitative estimate of drug-likeness (QED) is 0.488. The minimum Gasteiger partial charge on any atom is -0.344 e. The highest BCUT2D eigenvalue weighted by atomic mass is 32.2. The first-order chi connectivity index (χ1) is 15.0. The van der Waals surface area contributed by atoms with Crippen molar-refractivity contribution in [2.24, 2.45) is 13.0 Å². The van der Waals surface area contributed by atoms with Gasteiger partial charge in [0.25, 0.3) is 5.91 Å². The molecule has 0 radical (unpaired) electrons. The average Bonchev–Trinajstić information content (AvgIpc) is 3.33. The van der Waals surface area contributed by atoms with E-state index >= 15 is 0 Å². The predicted molar refractivity (Wildman–Crippen MR) is 130 cm³/mol. The molecule has 10 heteroatoms. The van der Waals surface area contributed by atoms with Crippen LogP contribution in [0, 0.1) is 5.92 Å². The zero-order valence-corrected chi connectivity index (χ0v) is 21.0. The third-order valence-corrected chi connectivity index (χ3v) is 7.67. The van der Waals surface area contributed by atoms with E-state index in [1.165, 1.54) is 14.1 Å². The fourth-order valence-corrected chi connectivity index (χ4v) is 4.98. The van der Waals surface area contributed by atoms with Gasteiger partial charge in [0, 0.05) is 32.4 Å². The number of anilines is 1. The fraction of sp³-hybridized carbons (Fsp3) is 0.455. The number of aryl methyl sites for hydroxylation is 1. The Bertz CT molecular complexity index is 1200. The lowest BCUT2D eigenvalue weighted by Crippen LogP contribution is -2.30. The number of imidazole rings is 1. The molecule has 8 nitrogen and oxygen atoms in total. The second kappa shape index (κ2) is 9.60. The number of nitrogens with one attached hydrogen (secondary N) is 2. The van der Waals surface area contributed by atoms with E-state index in [-0.39, 0.29) is 11.9 Å². The predicted octanol–water partition coefficient (Wildman–Crippen LogP) is 3.93. The zero-order valence-electron chi connectivity index (χ0n) is 19.3. The molecule has 0 aliphatic heterocycles. The molecule has 0 saturated carbocycles. The van der Waals surface area contributed by atoms with Gasteiger partial charge in [-0.3, -0.25) is 9.52 Å². The van der Waals surface area contributed by atoms with Crippen molar-refractivity contribution >= 4 is 44.2 Å². The van der Waals surface area contributed by atoms with Crippen molar-refractivity contribution in [2.45, 2.75) is 39.7 Å². The monoisotopic (exact) mass is 477 g/mol. The molecule has 0 unspecified atom stereocenters. The van der Waals surface area contributed by atoms with E-state index < -0.39 is 10.2 Å². The summed E-state index contributed by atoms with van der Waals surface area (Å²) in [7, 11) is 1.06. The van der Waals surface area contributed by atoms with Gasteiger partial charge in [0.05, 0.1) is 28.3 Å². The molecule has 174 valence electrons. The van der Waals surface area contributed by atoms with E-state index in [1.54, 1.807) is 23.5 Å². The fourth-order valence-electron chi connectivity index (χ4n) is 3.52. The van der Waals surface area contributed by atoms with Gasteiger partial charge in [-0.05, 0) is 35.9 Å². The van der Waals surface area contributed by atoms with E-state index in [2.05, 4.69) is 23.9 Å². The van der Waals surface area contributed by atoms with Gasteiger partial charge in [-0.25, -0.2) is 4.98 Å². The number of carbonyl (C=O) groups is 1. The Morgan fingerprint density at radius 2 is 2.00 bits per heavy atom. The summed E-state index contributed by atoms with van der Waals surface area (Å²) in [5.41, 5.74) is 1.96. The van der Waals surface area contributed by atoms with Gasteiger partial charge in [-0.1, -0.05) is 26.8 Å². The molecule has 1 atom stereocenters.